The molecule has 0 bridgehead atoms. The van der Waals surface area contributed by atoms with Crippen molar-refractivity contribution in [2.45, 2.75) is 102 Å². The molecule has 0 saturated carbocycles. The normalized spacial score (nSPS) is 13.8. The molecule has 0 radical (unpaired) electrons. The Hall–Kier alpha value is -3.97. The van der Waals surface area contributed by atoms with Crippen LogP contribution in [-0.2, 0) is 29.9 Å². The van der Waals surface area contributed by atoms with E-state index < -0.39 is 10.8 Å². The van der Waals surface area contributed by atoms with Crippen LogP contribution in [0.3, 0.4) is 0 Å². The summed E-state index contributed by atoms with van der Waals surface area (Å²) in [6.07, 6.45) is 2.77. The summed E-state index contributed by atoms with van der Waals surface area (Å²) in [5, 5.41) is 0. The van der Waals surface area contributed by atoms with Crippen LogP contribution in [0.15, 0.2) is 121 Å². The minimum atomic E-state index is -0.396. The zero-order chi connectivity index (χ0) is 38.3. The molecule has 0 fully saturated rings. The summed E-state index contributed by atoms with van der Waals surface area (Å²) >= 11 is 0. The molecule has 288 valence electrons. The van der Waals surface area contributed by atoms with Crippen molar-refractivity contribution in [3.63, 3.8) is 0 Å². The maximum Gasteiger partial charge on any atom is 0.302 e. The van der Waals surface area contributed by atoms with Gasteiger partial charge < -0.3 is 19.3 Å². The highest BCUT2D eigenvalue weighted by Crippen LogP contribution is 2.44. The van der Waals surface area contributed by atoms with Crippen molar-refractivity contribution in [3.05, 3.63) is 144 Å². The first-order valence-electron chi connectivity index (χ1n) is 18.7. The number of carbonyl (C=O) groups excluding carboxylic acids is 2. The predicted molar refractivity (Wildman–Crippen MR) is 222 cm³/mol. The fraction of sp³-hybridized carbons (Fsp3) is 0.435. The Bertz CT molecular complexity index is 1410. The Kier molecular flexibility index (Phi) is 18.5. The highest BCUT2D eigenvalue weighted by atomic mass is 35.5. The standard InChI is InChI=1S/2C23H31NO2.ClH/c2*1-6-22(26-19(3)25)23(17-18(2)24(4)5,20-13-9-7-10-14-20)21-15-11-8-12-16-21;/h2*7-16,18,22H,6,17H2,1-5H3;1H/t2*18-,22-;/m00./s1. The molecular weight excluding hydrogens is 680 g/mol. The van der Waals surface area contributed by atoms with Crippen LogP contribution in [0.1, 0.15) is 89.5 Å². The monoisotopic (exact) mass is 742 g/mol. The minimum Gasteiger partial charge on any atom is -0.461 e. The summed E-state index contributed by atoms with van der Waals surface area (Å²) < 4.78 is 11.8. The number of benzene rings is 4. The van der Waals surface area contributed by atoms with Crippen LogP contribution in [0.5, 0.6) is 0 Å². The molecule has 0 aliphatic heterocycles. The van der Waals surface area contributed by atoms with Gasteiger partial charge in [0.05, 0.1) is 10.8 Å². The summed E-state index contributed by atoms with van der Waals surface area (Å²) in [4.78, 5) is 28.3. The molecule has 4 rings (SSSR count). The zero-order valence-corrected chi connectivity index (χ0v) is 34.4. The van der Waals surface area contributed by atoms with Gasteiger partial charge in [0.25, 0.3) is 0 Å². The highest BCUT2D eigenvalue weighted by Gasteiger charge is 2.46. The molecule has 4 aromatic carbocycles. The van der Waals surface area contributed by atoms with Crippen molar-refractivity contribution < 1.29 is 19.1 Å². The molecule has 0 N–H and O–H groups in total. The number of halogens is 1. The van der Waals surface area contributed by atoms with Crippen molar-refractivity contribution in [1.29, 1.82) is 0 Å². The molecule has 7 heteroatoms. The Morgan fingerprint density at radius 2 is 0.736 bits per heavy atom. The van der Waals surface area contributed by atoms with Crippen molar-refractivity contribution in [1.82, 2.24) is 9.80 Å². The average molecular weight is 743 g/mol. The number of carbonyl (C=O) groups is 2. The molecule has 0 aromatic heterocycles. The van der Waals surface area contributed by atoms with Crippen LogP contribution >= 0.6 is 12.4 Å². The Labute approximate surface area is 326 Å². The Morgan fingerprint density at radius 3 is 0.906 bits per heavy atom. The first-order chi connectivity index (χ1) is 24.8. The van der Waals surface area contributed by atoms with Crippen LogP contribution in [0, 0.1) is 0 Å². The van der Waals surface area contributed by atoms with Crippen molar-refractivity contribution in [2.75, 3.05) is 28.2 Å². The van der Waals surface area contributed by atoms with Gasteiger partial charge in [0.1, 0.15) is 12.2 Å². The summed E-state index contributed by atoms with van der Waals surface area (Å²) in [5.41, 5.74) is 3.96. The van der Waals surface area contributed by atoms with Gasteiger partial charge in [0.2, 0.25) is 0 Å². The van der Waals surface area contributed by atoms with Gasteiger partial charge >= 0.3 is 11.9 Å². The van der Waals surface area contributed by atoms with E-state index in [4.69, 9.17) is 9.47 Å². The van der Waals surface area contributed by atoms with E-state index in [1.165, 1.54) is 36.1 Å². The van der Waals surface area contributed by atoms with Gasteiger partial charge in [-0.2, -0.15) is 0 Å². The number of hydrogen-bond donors (Lipinski definition) is 0. The third kappa shape index (κ3) is 11.5. The average Bonchev–Trinajstić information content (AvgIpc) is 3.15. The summed E-state index contributed by atoms with van der Waals surface area (Å²) in [6, 6.07) is 42.5. The Balaban J connectivity index is 0.000000360. The fourth-order valence-corrected chi connectivity index (χ4v) is 7.52. The van der Waals surface area contributed by atoms with Crippen molar-refractivity contribution in [2.24, 2.45) is 0 Å². The molecule has 0 spiro atoms. The van der Waals surface area contributed by atoms with E-state index in [1.807, 2.05) is 24.3 Å². The molecular formula is C46H63ClN2O4. The topological polar surface area (TPSA) is 59.1 Å². The number of esters is 2. The lowest BCUT2D eigenvalue weighted by molar-refractivity contribution is -0.151. The smallest absolute Gasteiger partial charge is 0.302 e. The third-order valence-corrected chi connectivity index (χ3v) is 10.6. The second kappa shape index (κ2) is 21.7. The predicted octanol–water partition coefficient (Wildman–Crippen LogP) is 9.73. The maximum absolute atomic E-state index is 11.9. The summed E-state index contributed by atoms with van der Waals surface area (Å²) in [6.45, 7) is 11.6. The van der Waals surface area contributed by atoms with E-state index in [0.717, 1.165) is 25.7 Å². The summed E-state index contributed by atoms with van der Waals surface area (Å²) in [7, 11) is 8.38. The van der Waals surface area contributed by atoms with Gasteiger partial charge in [-0.05, 0) is 90.0 Å². The minimum absolute atomic E-state index is 0. The quantitative estimate of drug-likeness (QED) is 0.107. The molecule has 0 amide bonds. The number of rotatable bonds is 16. The molecule has 4 aromatic rings. The lowest BCUT2D eigenvalue weighted by atomic mass is 9.66. The zero-order valence-electron chi connectivity index (χ0n) is 33.6. The van der Waals surface area contributed by atoms with Crippen molar-refractivity contribution in [3.8, 4) is 0 Å². The second-order valence-corrected chi connectivity index (χ2v) is 14.5. The molecule has 4 atom stereocenters. The third-order valence-electron chi connectivity index (χ3n) is 10.6. The van der Waals surface area contributed by atoms with Crippen LogP contribution in [-0.4, -0.2) is 74.2 Å². The van der Waals surface area contributed by atoms with Gasteiger partial charge in [-0.1, -0.05) is 135 Å². The molecule has 6 nitrogen and oxygen atoms in total. The van der Waals surface area contributed by atoms with Gasteiger partial charge in [-0.15, -0.1) is 12.4 Å². The fourth-order valence-electron chi connectivity index (χ4n) is 7.52. The number of nitrogens with zero attached hydrogens (tertiary/aromatic N) is 2. The first kappa shape index (κ1) is 45.2. The van der Waals surface area contributed by atoms with Crippen LogP contribution in [0.4, 0.5) is 0 Å². The van der Waals surface area contributed by atoms with Crippen molar-refractivity contribution >= 4 is 24.3 Å². The largest absolute Gasteiger partial charge is 0.461 e. The van der Waals surface area contributed by atoms with E-state index in [1.54, 1.807) is 0 Å². The number of hydrogen-bond acceptors (Lipinski definition) is 6. The number of ether oxygens (including phenoxy) is 2. The molecule has 0 unspecified atom stereocenters. The van der Waals surface area contributed by atoms with E-state index in [9.17, 15) is 9.59 Å². The SMILES string of the molecule is CC[C@H](OC(C)=O)C(C[C@H](C)N(C)C)(c1ccccc1)c1ccccc1.CC[C@H](OC(C)=O)C(C[C@H](C)N(C)C)(c1ccccc1)c1ccccc1.Cl. The van der Waals surface area contributed by atoms with E-state index in [0.29, 0.717) is 12.1 Å². The Morgan fingerprint density at radius 1 is 0.509 bits per heavy atom. The summed E-state index contributed by atoms with van der Waals surface area (Å²) in [5.74, 6) is -0.462. The highest BCUT2D eigenvalue weighted by molar-refractivity contribution is 5.85. The van der Waals surface area contributed by atoms with Gasteiger partial charge in [0.15, 0.2) is 0 Å². The van der Waals surface area contributed by atoms with Gasteiger partial charge in [-0.3, -0.25) is 9.59 Å². The molecule has 0 heterocycles. The molecule has 0 saturated heterocycles. The first-order valence-corrected chi connectivity index (χ1v) is 18.7. The van der Waals surface area contributed by atoms with Crippen LogP contribution < -0.4 is 0 Å². The lowest BCUT2D eigenvalue weighted by Gasteiger charge is -2.43. The molecule has 0 aliphatic rings. The van der Waals surface area contributed by atoms with Crippen LogP contribution in [0.25, 0.3) is 0 Å². The van der Waals surface area contributed by atoms with Crippen LogP contribution in [0.2, 0.25) is 0 Å². The van der Waals surface area contributed by atoms with E-state index in [2.05, 4.69) is 163 Å². The molecule has 53 heavy (non-hydrogen) atoms. The lowest BCUT2D eigenvalue weighted by Crippen LogP contribution is -2.47. The van der Waals surface area contributed by atoms with E-state index in [-0.39, 0.29) is 36.6 Å². The second-order valence-electron chi connectivity index (χ2n) is 14.5. The van der Waals surface area contributed by atoms with E-state index >= 15 is 0 Å². The molecule has 0 aliphatic carbocycles. The maximum atomic E-state index is 11.9. The van der Waals surface area contributed by atoms with Gasteiger partial charge in [-0.25, -0.2) is 0 Å². The van der Waals surface area contributed by atoms with Gasteiger partial charge in [0, 0.05) is 25.9 Å².